The Balaban J connectivity index is 2.81. The van der Waals surface area contributed by atoms with Gasteiger partial charge in [0.2, 0.25) is 0 Å². The van der Waals surface area contributed by atoms with Gasteiger partial charge in [-0.2, -0.15) is 0 Å². The van der Waals surface area contributed by atoms with Crippen molar-refractivity contribution >= 4 is 21.7 Å². The molecule has 7 heteroatoms. The Morgan fingerprint density at radius 1 is 1.33 bits per heavy atom. The van der Waals surface area contributed by atoms with E-state index in [4.69, 9.17) is 5.11 Å². The highest BCUT2D eigenvalue weighted by atomic mass is 32.2. The second-order valence-electron chi connectivity index (χ2n) is 5.03. The molecule has 0 aliphatic carbocycles. The molecule has 0 spiro atoms. The van der Waals surface area contributed by atoms with Gasteiger partial charge in [0.25, 0.3) is 5.91 Å². The number of carboxylic acid groups (broad SMARTS) is 1. The summed E-state index contributed by atoms with van der Waals surface area (Å²) < 4.78 is 23.0. The van der Waals surface area contributed by atoms with Gasteiger partial charge in [0.15, 0.2) is 9.84 Å². The lowest BCUT2D eigenvalue weighted by Gasteiger charge is -2.10. The normalized spacial score (nSPS) is 12.7. The Labute approximate surface area is 124 Å². The van der Waals surface area contributed by atoms with Crippen molar-refractivity contribution in [2.75, 3.05) is 12.8 Å². The Kier molecular flexibility index (Phi) is 5.48. The van der Waals surface area contributed by atoms with E-state index in [2.05, 4.69) is 5.32 Å². The molecule has 1 aromatic carbocycles. The Morgan fingerprint density at radius 2 is 1.95 bits per heavy atom. The summed E-state index contributed by atoms with van der Waals surface area (Å²) in [5.74, 6) is -1.87. The lowest BCUT2D eigenvalue weighted by Crippen LogP contribution is -2.27. The SMILES string of the molecule is Cc1ccc(S(C)(=O)=O)cc1C(=O)NCCC(C)C(=O)O. The van der Waals surface area contributed by atoms with Crippen LogP contribution in [0.3, 0.4) is 0 Å². The maximum atomic E-state index is 12.0. The fraction of sp³-hybridized carbons (Fsp3) is 0.429. The first-order valence-electron chi connectivity index (χ1n) is 6.44. The summed E-state index contributed by atoms with van der Waals surface area (Å²) in [4.78, 5) is 22.8. The molecule has 0 saturated carbocycles. The first kappa shape index (κ1) is 17.2. The number of carbonyl (C=O) groups is 2. The molecular formula is C14H19NO5S. The summed E-state index contributed by atoms with van der Waals surface area (Å²) in [7, 11) is -3.38. The largest absolute Gasteiger partial charge is 0.481 e. The molecule has 1 rings (SSSR count). The van der Waals surface area contributed by atoms with E-state index in [9.17, 15) is 18.0 Å². The van der Waals surface area contributed by atoms with Crippen LogP contribution in [0, 0.1) is 12.8 Å². The number of rotatable bonds is 6. The number of carbonyl (C=O) groups excluding carboxylic acids is 1. The molecule has 6 nitrogen and oxygen atoms in total. The lowest BCUT2D eigenvalue weighted by molar-refractivity contribution is -0.141. The minimum Gasteiger partial charge on any atom is -0.481 e. The van der Waals surface area contributed by atoms with Crippen molar-refractivity contribution in [2.24, 2.45) is 5.92 Å². The van der Waals surface area contributed by atoms with Gasteiger partial charge in [-0.1, -0.05) is 13.0 Å². The maximum absolute atomic E-state index is 12.0. The molecule has 0 saturated heterocycles. The molecular weight excluding hydrogens is 294 g/mol. The van der Waals surface area contributed by atoms with Crippen LogP contribution in [0.2, 0.25) is 0 Å². The molecule has 0 aliphatic heterocycles. The first-order chi connectivity index (χ1) is 9.62. The van der Waals surface area contributed by atoms with E-state index in [1.165, 1.54) is 12.1 Å². The van der Waals surface area contributed by atoms with Crippen molar-refractivity contribution in [3.05, 3.63) is 29.3 Å². The minimum atomic E-state index is -3.38. The lowest BCUT2D eigenvalue weighted by atomic mass is 10.1. The predicted octanol–water partition coefficient (Wildman–Crippen LogP) is 1.24. The van der Waals surface area contributed by atoms with Crippen LogP contribution < -0.4 is 5.32 Å². The average molecular weight is 313 g/mol. The summed E-state index contributed by atoms with van der Waals surface area (Å²) in [5, 5.41) is 11.4. The molecule has 0 aliphatic rings. The molecule has 2 N–H and O–H groups in total. The van der Waals surface area contributed by atoms with Crippen molar-refractivity contribution in [1.29, 1.82) is 0 Å². The summed E-state index contributed by atoms with van der Waals surface area (Å²) in [6.45, 7) is 3.49. The van der Waals surface area contributed by atoms with E-state index in [1.807, 2.05) is 0 Å². The van der Waals surface area contributed by atoms with Crippen LogP contribution in [-0.2, 0) is 14.6 Å². The van der Waals surface area contributed by atoms with Gasteiger partial charge in [-0.05, 0) is 31.0 Å². The van der Waals surface area contributed by atoms with Gasteiger partial charge in [-0.15, -0.1) is 0 Å². The molecule has 0 radical (unpaired) electrons. The number of aliphatic carboxylic acids is 1. The van der Waals surface area contributed by atoms with Crippen molar-refractivity contribution in [3.63, 3.8) is 0 Å². The van der Waals surface area contributed by atoms with Gasteiger partial charge in [0.1, 0.15) is 0 Å². The molecule has 116 valence electrons. The van der Waals surface area contributed by atoms with Crippen LogP contribution in [0.5, 0.6) is 0 Å². The zero-order chi connectivity index (χ0) is 16.2. The van der Waals surface area contributed by atoms with E-state index >= 15 is 0 Å². The first-order valence-corrected chi connectivity index (χ1v) is 8.33. The highest BCUT2D eigenvalue weighted by molar-refractivity contribution is 7.90. The fourth-order valence-corrected chi connectivity index (χ4v) is 2.34. The Hall–Kier alpha value is -1.89. The highest BCUT2D eigenvalue weighted by Gasteiger charge is 2.15. The highest BCUT2D eigenvalue weighted by Crippen LogP contribution is 2.15. The molecule has 1 atom stereocenters. The maximum Gasteiger partial charge on any atom is 0.306 e. The van der Waals surface area contributed by atoms with Crippen molar-refractivity contribution < 1.29 is 23.1 Å². The monoisotopic (exact) mass is 313 g/mol. The Morgan fingerprint density at radius 3 is 2.48 bits per heavy atom. The van der Waals surface area contributed by atoms with Gasteiger partial charge >= 0.3 is 5.97 Å². The molecule has 0 bridgehead atoms. The van der Waals surface area contributed by atoms with Crippen LogP contribution in [-0.4, -0.2) is 38.2 Å². The zero-order valence-electron chi connectivity index (χ0n) is 12.2. The number of hydrogen-bond donors (Lipinski definition) is 2. The van der Waals surface area contributed by atoms with E-state index in [-0.39, 0.29) is 17.0 Å². The third-order valence-electron chi connectivity index (χ3n) is 3.17. The summed E-state index contributed by atoms with van der Waals surface area (Å²) >= 11 is 0. The van der Waals surface area contributed by atoms with Gasteiger partial charge in [0.05, 0.1) is 10.8 Å². The molecule has 1 unspecified atom stereocenters. The predicted molar refractivity (Wildman–Crippen MR) is 78.0 cm³/mol. The molecule has 0 aromatic heterocycles. The summed E-state index contributed by atoms with van der Waals surface area (Å²) in [6, 6.07) is 4.36. The van der Waals surface area contributed by atoms with E-state index in [0.717, 1.165) is 6.26 Å². The average Bonchev–Trinajstić information content (AvgIpc) is 2.37. The number of hydrogen-bond acceptors (Lipinski definition) is 4. The minimum absolute atomic E-state index is 0.0807. The number of amides is 1. The van der Waals surface area contributed by atoms with E-state index in [1.54, 1.807) is 19.9 Å². The standard InChI is InChI=1S/C14H19NO5S/c1-9-4-5-11(21(3,19)20)8-12(9)13(16)15-7-6-10(2)14(17)18/h4-5,8,10H,6-7H2,1-3H3,(H,15,16)(H,17,18). The molecule has 1 amide bonds. The number of sulfone groups is 1. The van der Waals surface area contributed by atoms with Crippen molar-refractivity contribution in [2.45, 2.75) is 25.2 Å². The second kappa shape index (κ2) is 6.71. The fourth-order valence-electron chi connectivity index (χ4n) is 1.70. The third kappa shape index (κ3) is 4.86. The van der Waals surface area contributed by atoms with Crippen LogP contribution in [0.15, 0.2) is 23.1 Å². The van der Waals surface area contributed by atoms with Gasteiger partial charge in [-0.25, -0.2) is 8.42 Å². The van der Waals surface area contributed by atoms with E-state index in [0.29, 0.717) is 12.0 Å². The number of nitrogens with one attached hydrogen (secondary N) is 1. The van der Waals surface area contributed by atoms with Crippen LogP contribution in [0.25, 0.3) is 0 Å². The number of carboxylic acids is 1. The second-order valence-corrected chi connectivity index (χ2v) is 7.05. The van der Waals surface area contributed by atoms with Crippen molar-refractivity contribution in [3.8, 4) is 0 Å². The quantitative estimate of drug-likeness (QED) is 0.823. The summed E-state index contributed by atoms with van der Waals surface area (Å²) in [5.41, 5.74) is 0.937. The number of aryl methyl sites for hydroxylation is 1. The molecule has 1 aromatic rings. The topological polar surface area (TPSA) is 101 Å². The van der Waals surface area contributed by atoms with Crippen LogP contribution in [0.1, 0.15) is 29.3 Å². The number of benzene rings is 1. The van der Waals surface area contributed by atoms with Gasteiger partial charge < -0.3 is 10.4 Å². The molecule has 21 heavy (non-hydrogen) atoms. The zero-order valence-corrected chi connectivity index (χ0v) is 13.0. The van der Waals surface area contributed by atoms with E-state index < -0.39 is 27.6 Å². The third-order valence-corrected chi connectivity index (χ3v) is 4.28. The molecule has 0 fully saturated rings. The van der Waals surface area contributed by atoms with Crippen molar-refractivity contribution in [1.82, 2.24) is 5.32 Å². The Bertz CT molecular complexity index is 651. The van der Waals surface area contributed by atoms with Crippen LogP contribution >= 0.6 is 0 Å². The van der Waals surface area contributed by atoms with Gasteiger partial charge in [-0.3, -0.25) is 9.59 Å². The smallest absolute Gasteiger partial charge is 0.306 e. The van der Waals surface area contributed by atoms with Crippen LogP contribution in [0.4, 0.5) is 0 Å². The molecule has 0 heterocycles. The van der Waals surface area contributed by atoms with Gasteiger partial charge in [0, 0.05) is 18.4 Å². The summed E-state index contributed by atoms with van der Waals surface area (Å²) in [6.07, 6.45) is 1.39.